The maximum Gasteiger partial charge on any atom is 0.242 e. The molecule has 0 saturated heterocycles. The zero-order chi connectivity index (χ0) is 20.8. The Hall–Kier alpha value is -2.32. The van der Waals surface area contributed by atoms with Crippen molar-refractivity contribution < 1.29 is 4.79 Å². The number of thioether (sulfide) groups is 1. The number of amides is 1. The number of aromatic nitrogens is 5. The van der Waals surface area contributed by atoms with Gasteiger partial charge < -0.3 is 9.88 Å². The van der Waals surface area contributed by atoms with Crippen molar-refractivity contribution in [3.63, 3.8) is 0 Å². The van der Waals surface area contributed by atoms with Crippen LogP contribution >= 0.6 is 23.4 Å². The van der Waals surface area contributed by atoms with E-state index in [9.17, 15) is 4.79 Å². The molecule has 3 aromatic rings. The van der Waals surface area contributed by atoms with Crippen LogP contribution < -0.4 is 5.32 Å². The van der Waals surface area contributed by atoms with Gasteiger partial charge in [-0.3, -0.25) is 9.48 Å². The summed E-state index contributed by atoms with van der Waals surface area (Å²) in [4.78, 5) is 12.3. The van der Waals surface area contributed by atoms with Crippen molar-refractivity contribution in [2.75, 3.05) is 0 Å². The molecule has 0 aliphatic rings. The molecule has 7 nitrogen and oxygen atoms in total. The number of carbonyl (C=O) groups is 1. The number of carbonyl (C=O) groups excluding carboxylic acids is 1. The molecule has 0 bridgehead atoms. The molecule has 0 spiro atoms. The minimum absolute atomic E-state index is 0.110. The Morgan fingerprint density at radius 3 is 2.72 bits per heavy atom. The monoisotopic (exact) mass is 432 g/mol. The Labute approximate surface area is 179 Å². The van der Waals surface area contributed by atoms with Gasteiger partial charge >= 0.3 is 0 Å². The van der Waals surface area contributed by atoms with Gasteiger partial charge in [0.05, 0.1) is 6.54 Å². The van der Waals surface area contributed by atoms with Crippen molar-refractivity contribution in [1.82, 2.24) is 29.9 Å². The van der Waals surface area contributed by atoms with E-state index >= 15 is 0 Å². The summed E-state index contributed by atoms with van der Waals surface area (Å²) in [5.74, 6) is 1.76. The number of benzene rings is 1. The highest BCUT2D eigenvalue weighted by molar-refractivity contribution is 7.98. The van der Waals surface area contributed by atoms with Gasteiger partial charge in [-0.25, -0.2) is 0 Å². The summed E-state index contributed by atoms with van der Waals surface area (Å²) in [6.45, 7) is 7.50. The highest BCUT2D eigenvalue weighted by Gasteiger charge is 2.15. The van der Waals surface area contributed by atoms with Crippen molar-refractivity contribution in [2.24, 2.45) is 5.92 Å². The molecule has 0 fully saturated rings. The van der Waals surface area contributed by atoms with Gasteiger partial charge in [-0.1, -0.05) is 55.4 Å². The molecule has 2 heterocycles. The lowest BCUT2D eigenvalue weighted by atomic mass is 10.2. The maximum atomic E-state index is 12.3. The molecule has 0 aliphatic heterocycles. The molecule has 1 aromatic carbocycles. The summed E-state index contributed by atoms with van der Waals surface area (Å²) >= 11 is 7.86. The summed E-state index contributed by atoms with van der Waals surface area (Å²) in [5.41, 5.74) is 2.00. The smallest absolute Gasteiger partial charge is 0.242 e. The Balaban J connectivity index is 1.66. The lowest BCUT2D eigenvalue weighted by molar-refractivity contribution is -0.122. The molecule has 1 amide bonds. The third-order valence-corrected chi connectivity index (χ3v) is 5.71. The molecular formula is C20H25ClN6OS. The first-order valence-electron chi connectivity index (χ1n) is 9.47. The summed E-state index contributed by atoms with van der Waals surface area (Å²) < 4.78 is 3.74. The van der Waals surface area contributed by atoms with Gasteiger partial charge in [0, 0.05) is 29.2 Å². The van der Waals surface area contributed by atoms with Crippen LogP contribution in [-0.2, 0) is 30.2 Å². The molecule has 1 N–H and O–H groups in total. The van der Waals surface area contributed by atoms with Crippen molar-refractivity contribution in [2.45, 2.75) is 51.3 Å². The van der Waals surface area contributed by atoms with E-state index in [1.54, 1.807) is 22.6 Å². The second kappa shape index (κ2) is 9.93. The summed E-state index contributed by atoms with van der Waals surface area (Å²) in [5, 5.41) is 17.3. The third kappa shape index (κ3) is 5.83. The molecule has 0 saturated carbocycles. The maximum absolute atomic E-state index is 12.3. The number of nitrogens with one attached hydrogen (secondary N) is 1. The summed E-state index contributed by atoms with van der Waals surface area (Å²) in [7, 11) is 0. The fourth-order valence-corrected chi connectivity index (χ4v) is 4.05. The fraction of sp³-hybridized carbons (Fsp3) is 0.400. The van der Waals surface area contributed by atoms with Crippen LogP contribution in [0.15, 0.2) is 41.7 Å². The molecular weight excluding hydrogens is 408 g/mol. The average molecular weight is 433 g/mol. The van der Waals surface area contributed by atoms with Gasteiger partial charge in [0.1, 0.15) is 6.54 Å². The van der Waals surface area contributed by atoms with Crippen molar-refractivity contribution in [3.05, 3.63) is 58.6 Å². The standard InChI is InChI=1S/C20H25ClN6OS/c1-14(2)11-26-18(10-22-19(28)12-27-15(3)8-9-23-27)24-25-20(26)29-13-16-6-4-5-7-17(16)21/h4-9,14H,10-13H2,1-3H3,(H,22,28). The largest absolute Gasteiger partial charge is 0.347 e. The van der Waals surface area contributed by atoms with Crippen LogP contribution in [0.2, 0.25) is 5.02 Å². The molecule has 2 aromatic heterocycles. The number of aryl methyl sites for hydroxylation is 1. The van der Waals surface area contributed by atoms with Crippen LogP contribution in [0.5, 0.6) is 0 Å². The molecule has 0 aliphatic carbocycles. The lowest BCUT2D eigenvalue weighted by Gasteiger charge is -2.13. The molecule has 0 atom stereocenters. The zero-order valence-electron chi connectivity index (χ0n) is 16.8. The Kier molecular flexibility index (Phi) is 7.33. The van der Waals surface area contributed by atoms with Gasteiger partial charge in [-0.2, -0.15) is 5.10 Å². The molecule has 154 valence electrons. The van der Waals surface area contributed by atoms with Crippen molar-refractivity contribution >= 4 is 29.3 Å². The minimum Gasteiger partial charge on any atom is -0.347 e. The molecule has 0 radical (unpaired) electrons. The van der Waals surface area contributed by atoms with E-state index in [1.165, 1.54) is 0 Å². The predicted octanol–water partition coefficient (Wildman–Crippen LogP) is 3.70. The topological polar surface area (TPSA) is 77.6 Å². The van der Waals surface area contributed by atoms with Crippen LogP contribution in [-0.4, -0.2) is 30.5 Å². The third-order valence-electron chi connectivity index (χ3n) is 4.32. The normalized spacial score (nSPS) is 11.2. The minimum atomic E-state index is -0.110. The first-order valence-corrected chi connectivity index (χ1v) is 10.8. The van der Waals surface area contributed by atoms with Crippen LogP contribution in [0, 0.1) is 12.8 Å². The van der Waals surface area contributed by atoms with Crippen LogP contribution in [0.4, 0.5) is 0 Å². The first kappa shape index (κ1) is 21.4. The van der Waals surface area contributed by atoms with Crippen LogP contribution in [0.3, 0.4) is 0 Å². The number of hydrogen-bond acceptors (Lipinski definition) is 5. The van der Waals surface area contributed by atoms with E-state index in [1.807, 2.05) is 37.3 Å². The lowest BCUT2D eigenvalue weighted by Crippen LogP contribution is -2.29. The van der Waals surface area contributed by atoms with E-state index in [4.69, 9.17) is 11.6 Å². The van der Waals surface area contributed by atoms with Crippen LogP contribution in [0.1, 0.15) is 30.9 Å². The van der Waals surface area contributed by atoms with E-state index in [0.717, 1.165) is 33.8 Å². The Morgan fingerprint density at radius 2 is 2.03 bits per heavy atom. The van der Waals surface area contributed by atoms with E-state index in [2.05, 4.69) is 39.0 Å². The molecule has 9 heteroatoms. The Morgan fingerprint density at radius 1 is 1.24 bits per heavy atom. The SMILES string of the molecule is Cc1ccnn1CC(=O)NCc1nnc(SCc2ccccc2Cl)n1CC(C)C. The van der Waals surface area contributed by atoms with E-state index < -0.39 is 0 Å². The van der Waals surface area contributed by atoms with Gasteiger partial charge in [-0.15, -0.1) is 10.2 Å². The highest BCUT2D eigenvalue weighted by Crippen LogP contribution is 2.26. The first-order chi connectivity index (χ1) is 13.9. The van der Waals surface area contributed by atoms with Gasteiger partial charge in [-0.05, 0) is 30.5 Å². The molecule has 3 rings (SSSR count). The second-order valence-electron chi connectivity index (χ2n) is 7.19. The number of halogens is 1. The second-order valence-corrected chi connectivity index (χ2v) is 8.54. The van der Waals surface area contributed by atoms with E-state index in [0.29, 0.717) is 18.2 Å². The quantitative estimate of drug-likeness (QED) is 0.521. The van der Waals surface area contributed by atoms with Crippen LogP contribution in [0.25, 0.3) is 0 Å². The van der Waals surface area contributed by atoms with Gasteiger partial charge in [0.15, 0.2) is 11.0 Å². The summed E-state index contributed by atoms with van der Waals surface area (Å²) in [6, 6.07) is 9.66. The van der Waals surface area contributed by atoms with Gasteiger partial charge in [0.2, 0.25) is 5.91 Å². The van der Waals surface area contributed by atoms with Gasteiger partial charge in [0.25, 0.3) is 0 Å². The number of rotatable bonds is 9. The molecule has 29 heavy (non-hydrogen) atoms. The van der Waals surface area contributed by atoms with Crippen molar-refractivity contribution in [3.8, 4) is 0 Å². The fourth-order valence-electron chi connectivity index (χ4n) is 2.80. The predicted molar refractivity (Wildman–Crippen MR) is 115 cm³/mol. The Bertz CT molecular complexity index is 968. The van der Waals surface area contributed by atoms with Crippen molar-refractivity contribution in [1.29, 1.82) is 0 Å². The summed E-state index contributed by atoms with van der Waals surface area (Å²) in [6.07, 6.45) is 1.68. The molecule has 0 unspecified atom stereocenters. The highest BCUT2D eigenvalue weighted by atomic mass is 35.5. The zero-order valence-corrected chi connectivity index (χ0v) is 18.4. The van der Waals surface area contributed by atoms with E-state index in [-0.39, 0.29) is 12.5 Å². The number of nitrogens with zero attached hydrogens (tertiary/aromatic N) is 5. The average Bonchev–Trinajstić information content (AvgIpc) is 3.25. The number of hydrogen-bond donors (Lipinski definition) is 1.